The molecule has 0 atom stereocenters. The summed E-state index contributed by atoms with van der Waals surface area (Å²) in [5.41, 5.74) is 6.35. The lowest BCUT2D eigenvalue weighted by Gasteiger charge is -2.17. The maximum atomic E-state index is 13.5. The van der Waals surface area contributed by atoms with E-state index in [2.05, 4.69) is 5.32 Å². The molecule has 1 amide bonds. The Hall–Kier alpha value is -2.88. The quantitative estimate of drug-likeness (QED) is 0.365. The van der Waals surface area contributed by atoms with Gasteiger partial charge < -0.3 is 5.32 Å². The number of nitrogens with zero attached hydrogens (tertiary/aromatic N) is 1. The molecule has 1 N–H and O–H groups in total. The van der Waals surface area contributed by atoms with Gasteiger partial charge in [0.1, 0.15) is 0 Å². The molecular weight excluding hydrogens is 415 g/mol. The highest BCUT2D eigenvalue weighted by atomic mass is 35.5. The number of fused-ring (bicyclic) bond motifs is 1. The molecule has 0 aliphatic carbocycles. The van der Waals surface area contributed by atoms with E-state index < -0.39 is 0 Å². The van der Waals surface area contributed by atoms with E-state index in [4.69, 9.17) is 28.2 Å². The highest BCUT2D eigenvalue weighted by Crippen LogP contribution is 2.35. The van der Waals surface area contributed by atoms with Gasteiger partial charge in [-0.3, -0.25) is 4.79 Å². The third kappa shape index (κ3) is 3.67. The smallest absolute Gasteiger partial charge is 0.256 e. The molecule has 1 aromatic heterocycles. The summed E-state index contributed by atoms with van der Waals surface area (Å²) in [7, 11) is 0. The third-order valence-electron chi connectivity index (χ3n) is 5.27. The number of carbonyl (C=O) groups is 1. The molecule has 1 heterocycles. The maximum absolute atomic E-state index is 13.5. The Morgan fingerprint density at radius 2 is 1.60 bits per heavy atom. The van der Waals surface area contributed by atoms with Gasteiger partial charge in [0, 0.05) is 21.7 Å². The fourth-order valence-electron chi connectivity index (χ4n) is 3.73. The molecule has 0 radical (unpaired) electrons. The SMILES string of the molecule is Cc1cccc(C)c1NC(=O)c1c(C)c(-c2ccc(Cl)cc2Cl)nc2ccccc12. The number of hydrogen-bond donors (Lipinski definition) is 1. The number of pyridine rings is 1. The number of anilines is 1. The van der Waals surface area contributed by atoms with E-state index in [1.54, 1.807) is 12.1 Å². The highest BCUT2D eigenvalue weighted by molar-refractivity contribution is 6.36. The van der Waals surface area contributed by atoms with E-state index in [9.17, 15) is 4.79 Å². The molecule has 0 unspecified atom stereocenters. The molecule has 0 saturated carbocycles. The van der Waals surface area contributed by atoms with Crippen molar-refractivity contribution in [3.8, 4) is 11.3 Å². The molecule has 4 rings (SSSR count). The number of aromatic nitrogens is 1. The number of carbonyl (C=O) groups excluding carboxylic acids is 1. The van der Waals surface area contributed by atoms with Gasteiger partial charge in [-0.05, 0) is 61.7 Å². The standard InChI is InChI=1S/C25H20Cl2N2O/c1-14-7-6-8-15(2)23(14)29-25(30)22-16(3)24(18-12-11-17(26)13-20(18)27)28-21-10-5-4-9-19(21)22/h4-13H,1-3H3,(H,29,30). The minimum Gasteiger partial charge on any atom is -0.321 e. The minimum absolute atomic E-state index is 0.171. The molecule has 150 valence electrons. The van der Waals surface area contributed by atoms with Gasteiger partial charge in [-0.2, -0.15) is 0 Å². The van der Waals surface area contributed by atoms with E-state index >= 15 is 0 Å². The normalized spacial score (nSPS) is 11.0. The number of nitrogens with one attached hydrogen (secondary N) is 1. The number of hydrogen-bond acceptors (Lipinski definition) is 2. The minimum atomic E-state index is -0.171. The second-order valence-corrected chi connectivity index (χ2v) is 8.17. The van der Waals surface area contributed by atoms with Crippen molar-refractivity contribution in [2.75, 3.05) is 5.32 Å². The first-order valence-corrected chi connectivity index (χ1v) is 10.3. The first-order chi connectivity index (χ1) is 14.4. The van der Waals surface area contributed by atoms with Crippen molar-refractivity contribution in [3.63, 3.8) is 0 Å². The zero-order valence-electron chi connectivity index (χ0n) is 16.9. The van der Waals surface area contributed by atoms with Crippen LogP contribution in [0.2, 0.25) is 10.0 Å². The van der Waals surface area contributed by atoms with E-state index in [-0.39, 0.29) is 5.91 Å². The average Bonchev–Trinajstić information content (AvgIpc) is 2.70. The molecular formula is C25H20Cl2N2O. The van der Waals surface area contributed by atoms with Crippen molar-refractivity contribution >= 4 is 45.7 Å². The lowest BCUT2D eigenvalue weighted by molar-refractivity contribution is 0.102. The second kappa shape index (κ2) is 8.10. The van der Waals surface area contributed by atoms with E-state index in [0.717, 1.165) is 38.8 Å². The van der Waals surface area contributed by atoms with Crippen LogP contribution in [0, 0.1) is 20.8 Å². The number of halogens is 2. The number of rotatable bonds is 3. The van der Waals surface area contributed by atoms with Crippen molar-refractivity contribution < 1.29 is 4.79 Å². The van der Waals surface area contributed by atoms with Gasteiger partial charge in [0.25, 0.3) is 5.91 Å². The van der Waals surface area contributed by atoms with Crippen LogP contribution >= 0.6 is 23.2 Å². The first kappa shape index (κ1) is 20.4. The summed E-state index contributed by atoms with van der Waals surface area (Å²) < 4.78 is 0. The van der Waals surface area contributed by atoms with Gasteiger partial charge in [0.2, 0.25) is 0 Å². The Balaban J connectivity index is 1.92. The fourth-order valence-corrected chi connectivity index (χ4v) is 4.23. The first-order valence-electron chi connectivity index (χ1n) is 9.59. The zero-order chi connectivity index (χ0) is 21.4. The molecule has 0 aliphatic rings. The molecule has 3 nitrogen and oxygen atoms in total. The molecule has 0 spiro atoms. The number of amides is 1. The maximum Gasteiger partial charge on any atom is 0.256 e. The van der Waals surface area contributed by atoms with Crippen LogP contribution < -0.4 is 5.32 Å². The molecule has 0 aliphatic heterocycles. The van der Waals surface area contributed by atoms with Gasteiger partial charge in [-0.25, -0.2) is 4.98 Å². The molecule has 0 bridgehead atoms. The summed E-state index contributed by atoms with van der Waals surface area (Å²) in [6, 6.07) is 18.9. The lowest BCUT2D eigenvalue weighted by atomic mass is 9.96. The number of para-hydroxylation sites is 2. The van der Waals surface area contributed by atoms with Crippen molar-refractivity contribution in [1.29, 1.82) is 0 Å². The van der Waals surface area contributed by atoms with E-state index in [1.807, 2.05) is 69.3 Å². The Labute approximate surface area is 185 Å². The Morgan fingerprint density at radius 1 is 0.900 bits per heavy atom. The fraction of sp³-hybridized carbons (Fsp3) is 0.120. The Bertz CT molecular complexity index is 1280. The van der Waals surface area contributed by atoms with Gasteiger partial charge in [0.05, 0.1) is 21.8 Å². The predicted molar refractivity (Wildman–Crippen MR) is 126 cm³/mol. The average molecular weight is 435 g/mol. The second-order valence-electron chi connectivity index (χ2n) is 7.32. The molecule has 0 fully saturated rings. The molecule has 4 aromatic rings. The summed E-state index contributed by atoms with van der Waals surface area (Å²) in [6.07, 6.45) is 0. The van der Waals surface area contributed by atoms with Crippen LogP contribution in [0.4, 0.5) is 5.69 Å². The van der Waals surface area contributed by atoms with Gasteiger partial charge >= 0.3 is 0 Å². The Kier molecular flexibility index (Phi) is 5.50. The van der Waals surface area contributed by atoms with Gasteiger partial charge in [-0.15, -0.1) is 0 Å². The van der Waals surface area contributed by atoms with Crippen LogP contribution in [0.5, 0.6) is 0 Å². The van der Waals surface area contributed by atoms with Crippen molar-refractivity contribution in [3.05, 3.63) is 93.0 Å². The zero-order valence-corrected chi connectivity index (χ0v) is 18.4. The predicted octanol–water partition coefficient (Wildman–Crippen LogP) is 7.39. The largest absolute Gasteiger partial charge is 0.321 e. The Morgan fingerprint density at radius 3 is 2.30 bits per heavy atom. The summed E-state index contributed by atoms with van der Waals surface area (Å²) in [5, 5.41) is 4.95. The van der Waals surface area contributed by atoms with Crippen LogP contribution in [-0.4, -0.2) is 10.9 Å². The molecule has 30 heavy (non-hydrogen) atoms. The summed E-state index contributed by atoms with van der Waals surface area (Å²) >= 11 is 12.5. The van der Waals surface area contributed by atoms with E-state index in [1.165, 1.54) is 0 Å². The van der Waals surface area contributed by atoms with Crippen LogP contribution in [0.3, 0.4) is 0 Å². The summed E-state index contributed by atoms with van der Waals surface area (Å²) in [6.45, 7) is 5.87. The monoisotopic (exact) mass is 434 g/mol. The molecule has 0 saturated heterocycles. The third-order valence-corrected chi connectivity index (χ3v) is 5.82. The lowest BCUT2D eigenvalue weighted by Crippen LogP contribution is -2.16. The van der Waals surface area contributed by atoms with Gasteiger partial charge in [-0.1, -0.05) is 59.6 Å². The number of benzene rings is 3. The van der Waals surface area contributed by atoms with Crippen molar-refractivity contribution in [1.82, 2.24) is 4.98 Å². The van der Waals surface area contributed by atoms with Crippen LogP contribution in [0.15, 0.2) is 60.7 Å². The summed E-state index contributed by atoms with van der Waals surface area (Å²) in [5.74, 6) is -0.171. The van der Waals surface area contributed by atoms with E-state index in [0.29, 0.717) is 21.3 Å². The van der Waals surface area contributed by atoms with Crippen molar-refractivity contribution in [2.45, 2.75) is 20.8 Å². The number of aryl methyl sites for hydroxylation is 2. The topological polar surface area (TPSA) is 42.0 Å². The molecule has 5 heteroatoms. The van der Waals surface area contributed by atoms with Crippen LogP contribution in [-0.2, 0) is 0 Å². The van der Waals surface area contributed by atoms with Crippen LogP contribution in [0.25, 0.3) is 22.2 Å². The van der Waals surface area contributed by atoms with Crippen LogP contribution in [0.1, 0.15) is 27.0 Å². The van der Waals surface area contributed by atoms with Gasteiger partial charge in [0.15, 0.2) is 0 Å². The summed E-state index contributed by atoms with van der Waals surface area (Å²) in [4.78, 5) is 18.3. The highest BCUT2D eigenvalue weighted by Gasteiger charge is 2.21. The molecule has 3 aromatic carbocycles. The van der Waals surface area contributed by atoms with Crippen molar-refractivity contribution in [2.24, 2.45) is 0 Å².